The van der Waals surface area contributed by atoms with Gasteiger partial charge in [0, 0.05) is 30.7 Å². The Balaban J connectivity index is 2.22. The van der Waals surface area contributed by atoms with E-state index in [0.29, 0.717) is 22.8 Å². The van der Waals surface area contributed by atoms with E-state index in [2.05, 4.69) is 0 Å². The highest BCUT2D eigenvalue weighted by Crippen LogP contribution is 2.52. The van der Waals surface area contributed by atoms with Crippen LogP contribution in [-0.2, 0) is 28.9 Å². The Morgan fingerprint density at radius 1 is 0.903 bits per heavy atom. The Bertz CT molecular complexity index is 1170. The summed E-state index contributed by atoms with van der Waals surface area (Å²) in [6.07, 6.45) is 0.685. The van der Waals surface area contributed by atoms with Crippen LogP contribution >= 0.6 is 0 Å². The third-order valence-electron chi connectivity index (χ3n) is 5.36. The molecule has 1 aliphatic carbocycles. The van der Waals surface area contributed by atoms with Crippen LogP contribution in [0.25, 0.3) is 11.1 Å². The van der Waals surface area contributed by atoms with Crippen LogP contribution in [0, 0.1) is 17.0 Å². The van der Waals surface area contributed by atoms with E-state index in [1.54, 1.807) is 0 Å². The van der Waals surface area contributed by atoms with E-state index in [-0.39, 0.29) is 23.3 Å². The summed E-state index contributed by atoms with van der Waals surface area (Å²) >= 11 is 0. The number of esters is 2. The van der Waals surface area contributed by atoms with Gasteiger partial charge in [-0.05, 0) is 41.0 Å². The van der Waals surface area contributed by atoms with Crippen LogP contribution in [0.2, 0.25) is 0 Å². The molecule has 0 aliphatic heterocycles. The zero-order valence-electron chi connectivity index (χ0n) is 17.1. The van der Waals surface area contributed by atoms with Crippen LogP contribution in [0.3, 0.4) is 0 Å². The van der Waals surface area contributed by atoms with Crippen molar-refractivity contribution in [2.45, 2.75) is 17.7 Å². The molecule has 0 unspecified atom stereocenters. The Labute approximate surface area is 178 Å². The van der Waals surface area contributed by atoms with Crippen molar-refractivity contribution in [1.82, 2.24) is 0 Å². The van der Waals surface area contributed by atoms with Gasteiger partial charge in [0.2, 0.25) is 0 Å². The summed E-state index contributed by atoms with van der Waals surface area (Å²) in [6.45, 7) is 0. The predicted molar refractivity (Wildman–Crippen MR) is 108 cm³/mol. The van der Waals surface area contributed by atoms with Gasteiger partial charge in [-0.25, -0.2) is 17.2 Å². The van der Waals surface area contributed by atoms with Crippen LogP contribution in [0.15, 0.2) is 47.4 Å². The second kappa shape index (κ2) is 8.22. The molecule has 0 N–H and O–H groups in total. The molecule has 0 heterocycles. The van der Waals surface area contributed by atoms with Gasteiger partial charge < -0.3 is 9.47 Å². The number of methoxy groups -OCH3 is 2. The topological polar surface area (TPSA) is 86.7 Å². The number of halogens is 2. The molecular formula is C22H20F2O6S. The summed E-state index contributed by atoms with van der Waals surface area (Å²) in [5, 5.41) is 0. The number of rotatable bonds is 5. The van der Waals surface area contributed by atoms with Crippen molar-refractivity contribution >= 4 is 32.9 Å². The van der Waals surface area contributed by atoms with Crippen molar-refractivity contribution in [1.29, 1.82) is 0 Å². The summed E-state index contributed by atoms with van der Waals surface area (Å²) in [5.74, 6) is -3.32. The van der Waals surface area contributed by atoms with E-state index < -0.39 is 38.8 Å². The van der Waals surface area contributed by atoms with Crippen molar-refractivity contribution < 1.29 is 36.3 Å². The summed E-state index contributed by atoms with van der Waals surface area (Å²) in [4.78, 5) is 25.3. The van der Waals surface area contributed by atoms with Gasteiger partial charge in [-0.3, -0.25) is 9.59 Å². The second-order valence-corrected chi connectivity index (χ2v) is 9.31. The summed E-state index contributed by atoms with van der Waals surface area (Å²) in [7, 11) is -1.19. The lowest BCUT2D eigenvalue weighted by Crippen LogP contribution is -2.39. The summed E-state index contributed by atoms with van der Waals surface area (Å²) in [6, 6.07) is 8.80. The average Bonchev–Trinajstić information content (AvgIpc) is 3.13. The van der Waals surface area contributed by atoms with Gasteiger partial charge in [0.25, 0.3) is 0 Å². The first kappa shape index (κ1) is 22.6. The van der Waals surface area contributed by atoms with Gasteiger partial charge in [-0.15, -0.1) is 0 Å². The van der Waals surface area contributed by atoms with Gasteiger partial charge in [0.05, 0.1) is 19.1 Å². The van der Waals surface area contributed by atoms with E-state index >= 15 is 0 Å². The van der Waals surface area contributed by atoms with Crippen LogP contribution in [0.1, 0.15) is 24.0 Å². The lowest BCUT2D eigenvalue weighted by atomic mass is 9.82. The molecule has 6 nitrogen and oxygen atoms in total. The maximum absolute atomic E-state index is 14.6. The standard InChI is InChI=1S/C22H20F2O6S/c1-29-20(25)22(21(26)30-2)11-17(13-4-7-15(8-5-13)31(3,27)28)18(12-22)16-9-6-14(23)10-19(16)24/h4-10H,11-12H2,1-3H3. The fourth-order valence-corrected chi connectivity index (χ4v) is 4.44. The van der Waals surface area contributed by atoms with Gasteiger partial charge in [-0.1, -0.05) is 12.1 Å². The number of hydrogen-bond acceptors (Lipinski definition) is 6. The SMILES string of the molecule is COC(=O)C1(C(=O)OC)CC(c2ccc(S(C)(=O)=O)cc2)=C(c2ccc(F)cc2F)C1. The van der Waals surface area contributed by atoms with Crippen molar-refractivity contribution in [2.24, 2.45) is 5.41 Å². The largest absolute Gasteiger partial charge is 0.468 e. The second-order valence-electron chi connectivity index (χ2n) is 7.30. The fourth-order valence-electron chi connectivity index (χ4n) is 3.81. The molecular weight excluding hydrogens is 430 g/mol. The first-order valence-electron chi connectivity index (χ1n) is 9.18. The zero-order chi connectivity index (χ0) is 23.0. The highest BCUT2D eigenvalue weighted by Gasteiger charge is 2.54. The van der Waals surface area contributed by atoms with Crippen molar-refractivity contribution in [3.05, 3.63) is 65.2 Å². The van der Waals surface area contributed by atoms with Gasteiger partial charge in [0.15, 0.2) is 15.3 Å². The number of allylic oxidation sites excluding steroid dienone is 2. The number of sulfone groups is 1. The molecule has 0 saturated heterocycles. The fraction of sp³-hybridized carbons (Fsp3) is 0.273. The number of hydrogen-bond donors (Lipinski definition) is 0. The molecule has 0 aromatic heterocycles. The molecule has 3 rings (SSSR count). The van der Waals surface area contributed by atoms with E-state index in [0.717, 1.165) is 26.5 Å². The molecule has 0 fully saturated rings. The third-order valence-corrected chi connectivity index (χ3v) is 6.49. The van der Waals surface area contributed by atoms with Crippen molar-refractivity contribution in [3.63, 3.8) is 0 Å². The first-order chi connectivity index (χ1) is 14.5. The Morgan fingerprint density at radius 3 is 1.94 bits per heavy atom. The minimum Gasteiger partial charge on any atom is -0.468 e. The van der Waals surface area contributed by atoms with E-state index in [4.69, 9.17) is 9.47 Å². The van der Waals surface area contributed by atoms with Crippen molar-refractivity contribution in [3.8, 4) is 0 Å². The third kappa shape index (κ3) is 4.10. The normalized spacial score (nSPS) is 15.6. The quantitative estimate of drug-likeness (QED) is 0.513. The first-order valence-corrected chi connectivity index (χ1v) is 11.1. The van der Waals surface area contributed by atoms with Gasteiger partial charge in [0.1, 0.15) is 11.6 Å². The van der Waals surface area contributed by atoms with Crippen LogP contribution < -0.4 is 0 Å². The summed E-state index contributed by atoms with van der Waals surface area (Å²) < 4.78 is 61.3. The van der Waals surface area contributed by atoms with E-state index in [9.17, 15) is 26.8 Å². The zero-order valence-corrected chi connectivity index (χ0v) is 17.9. The lowest BCUT2D eigenvalue weighted by Gasteiger charge is -2.23. The van der Waals surface area contributed by atoms with Gasteiger partial charge >= 0.3 is 11.9 Å². The molecule has 0 radical (unpaired) electrons. The van der Waals surface area contributed by atoms with E-state index in [1.807, 2.05) is 0 Å². The number of ether oxygens (including phenoxy) is 2. The molecule has 0 amide bonds. The Kier molecular flexibility index (Phi) is 6.00. The lowest BCUT2D eigenvalue weighted by molar-refractivity contribution is -0.167. The molecule has 0 spiro atoms. The molecule has 164 valence electrons. The number of carbonyl (C=O) groups excluding carboxylic acids is 2. The smallest absolute Gasteiger partial charge is 0.323 e. The molecule has 2 aromatic carbocycles. The minimum absolute atomic E-state index is 0.0262. The maximum Gasteiger partial charge on any atom is 0.323 e. The summed E-state index contributed by atoms with van der Waals surface area (Å²) in [5.41, 5.74) is -0.495. The van der Waals surface area contributed by atoms with E-state index in [1.165, 1.54) is 30.3 Å². The Morgan fingerprint density at radius 2 is 1.45 bits per heavy atom. The minimum atomic E-state index is -3.44. The molecule has 31 heavy (non-hydrogen) atoms. The molecule has 2 aromatic rings. The average molecular weight is 450 g/mol. The Hall–Kier alpha value is -3.07. The predicted octanol–water partition coefficient (Wildman–Crippen LogP) is 3.41. The molecule has 0 bridgehead atoms. The van der Waals surface area contributed by atoms with Crippen LogP contribution in [0.4, 0.5) is 8.78 Å². The molecule has 1 aliphatic rings. The van der Waals surface area contributed by atoms with Crippen molar-refractivity contribution in [2.75, 3.05) is 20.5 Å². The molecule has 9 heteroatoms. The van der Waals surface area contributed by atoms with Crippen LogP contribution in [-0.4, -0.2) is 40.8 Å². The maximum atomic E-state index is 14.6. The highest BCUT2D eigenvalue weighted by atomic mass is 32.2. The van der Waals surface area contributed by atoms with Gasteiger partial charge in [-0.2, -0.15) is 0 Å². The number of benzene rings is 2. The molecule has 0 saturated carbocycles. The number of carbonyl (C=O) groups is 2. The van der Waals surface area contributed by atoms with Crippen LogP contribution in [0.5, 0.6) is 0 Å². The monoisotopic (exact) mass is 450 g/mol. The highest BCUT2D eigenvalue weighted by molar-refractivity contribution is 7.90. The molecule has 0 atom stereocenters.